The van der Waals surface area contributed by atoms with Gasteiger partial charge < -0.3 is 21.3 Å². The molecule has 0 aromatic heterocycles. The number of aliphatic hydroxyl groups is 2. The van der Waals surface area contributed by atoms with Crippen molar-refractivity contribution < 1.29 is 25.0 Å². The quantitative estimate of drug-likeness (QED) is 0.213. The molecule has 0 bridgehead atoms. The number of carbonyl (C=O) groups is 2. The lowest BCUT2D eigenvalue weighted by molar-refractivity contribution is -0.132. The molecule has 0 heterocycles. The predicted molar refractivity (Wildman–Crippen MR) is 105 cm³/mol. The first-order chi connectivity index (χ1) is 13.7. The van der Waals surface area contributed by atoms with Crippen LogP contribution in [0, 0.1) is 35.5 Å². The van der Waals surface area contributed by atoms with Crippen LogP contribution in [0.15, 0.2) is 24.3 Å². The molecule has 2 rings (SSSR count). The van der Waals surface area contributed by atoms with Crippen LogP contribution in [0.5, 0.6) is 0 Å². The third-order valence-electron chi connectivity index (χ3n) is 4.65. The fourth-order valence-electron chi connectivity index (χ4n) is 2.76. The lowest BCUT2D eigenvalue weighted by Gasteiger charge is -2.29. The van der Waals surface area contributed by atoms with Gasteiger partial charge in [0.1, 0.15) is 12.1 Å². The number of aliphatic hydroxyl groups excluding tert-OH is 2. The third-order valence-corrected chi connectivity index (χ3v) is 4.65. The summed E-state index contributed by atoms with van der Waals surface area (Å²) in [7, 11) is 0. The van der Waals surface area contributed by atoms with E-state index >= 15 is 0 Å². The standard InChI is InChI=1S/C21H25N3O5/c1-21(2,22)18(20(28)24-29)23-19(27)14-9-7-13(8-10-14)5-3-4-6-17(26)16-11-15(16)12-25/h7-10,15-18,25-26,29H,11-12,22H2,1-2H3,(H,23,27)(H,24,28). The Balaban J connectivity index is 1.98. The van der Waals surface area contributed by atoms with E-state index < -0.39 is 29.5 Å². The van der Waals surface area contributed by atoms with Gasteiger partial charge in [0, 0.05) is 29.2 Å². The summed E-state index contributed by atoms with van der Waals surface area (Å²) in [5.41, 5.74) is 7.20. The van der Waals surface area contributed by atoms with Gasteiger partial charge in [0.15, 0.2) is 0 Å². The van der Waals surface area contributed by atoms with Gasteiger partial charge in [0.05, 0.1) is 0 Å². The van der Waals surface area contributed by atoms with Gasteiger partial charge in [0.2, 0.25) is 0 Å². The normalized spacial score (nSPS) is 19.5. The highest BCUT2D eigenvalue weighted by Gasteiger charge is 2.41. The number of hydrogen-bond donors (Lipinski definition) is 6. The molecule has 8 nitrogen and oxygen atoms in total. The number of amides is 2. The number of nitrogens with one attached hydrogen (secondary N) is 2. The molecular weight excluding hydrogens is 374 g/mol. The summed E-state index contributed by atoms with van der Waals surface area (Å²) < 4.78 is 0. The Kier molecular flexibility index (Phi) is 7.38. The summed E-state index contributed by atoms with van der Waals surface area (Å²) in [5, 5.41) is 30.1. The molecule has 2 amide bonds. The Morgan fingerprint density at radius 3 is 2.45 bits per heavy atom. The van der Waals surface area contributed by atoms with Crippen LogP contribution < -0.4 is 16.5 Å². The summed E-state index contributed by atoms with van der Waals surface area (Å²) >= 11 is 0. The van der Waals surface area contributed by atoms with E-state index in [2.05, 4.69) is 29.0 Å². The van der Waals surface area contributed by atoms with E-state index in [1.807, 2.05) is 0 Å². The zero-order valence-electron chi connectivity index (χ0n) is 16.3. The smallest absolute Gasteiger partial charge is 0.267 e. The fraction of sp³-hybridized carbons (Fsp3) is 0.429. The lowest BCUT2D eigenvalue weighted by Crippen LogP contribution is -2.61. The Hall–Kier alpha value is -2.88. The number of rotatable bonds is 6. The summed E-state index contributed by atoms with van der Waals surface area (Å²) in [6.45, 7) is 3.16. The second-order valence-corrected chi connectivity index (χ2v) is 7.59. The molecule has 29 heavy (non-hydrogen) atoms. The predicted octanol–water partition coefficient (Wildman–Crippen LogP) is -0.628. The first-order valence-electron chi connectivity index (χ1n) is 9.11. The van der Waals surface area contributed by atoms with Crippen LogP contribution in [0.2, 0.25) is 0 Å². The Morgan fingerprint density at radius 2 is 1.93 bits per heavy atom. The third kappa shape index (κ3) is 6.31. The highest BCUT2D eigenvalue weighted by Crippen LogP contribution is 2.40. The molecule has 1 aliphatic rings. The maximum Gasteiger partial charge on any atom is 0.267 e. The topological polar surface area (TPSA) is 145 Å². The molecular formula is C21H25N3O5. The van der Waals surface area contributed by atoms with Crippen molar-refractivity contribution in [3.63, 3.8) is 0 Å². The molecule has 0 radical (unpaired) electrons. The highest BCUT2D eigenvalue weighted by molar-refractivity contribution is 5.97. The molecule has 1 aromatic carbocycles. The van der Waals surface area contributed by atoms with E-state index in [1.54, 1.807) is 26.0 Å². The molecule has 154 valence electrons. The van der Waals surface area contributed by atoms with Crippen LogP contribution in [0.4, 0.5) is 0 Å². The molecule has 1 aliphatic carbocycles. The van der Waals surface area contributed by atoms with Crippen molar-refractivity contribution in [2.24, 2.45) is 17.6 Å². The van der Waals surface area contributed by atoms with Gasteiger partial charge in [-0.3, -0.25) is 14.8 Å². The van der Waals surface area contributed by atoms with E-state index in [-0.39, 0.29) is 18.4 Å². The van der Waals surface area contributed by atoms with E-state index in [9.17, 15) is 14.7 Å². The van der Waals surface area contributed by atoms with Crippen molar-refractivity contribution in [1.82, 2.24) is 10.8 Å². The van der Waals surface area contributed by atoms with Gasteiger partial charge in [-0.25, -0.2) is 5.48 Å². The minimum absolute atomic E-state index is 0.0161. The van der Waals surface area contributed by atoms with Crippen LogP contribution >= 0.6 is 0 Å². The van der Waals surface area contributed by atoms with Gasteiger partial charge in [-0.1, -0.05) is 11.8 Å². The van der Waals surface area contributed by atoms with Crippen LogP contribution in [-0.4, -0.2) is 51.5 Å². The first kappa shape index (κ1) is 22.4. The fourth-order valence-corrected chi connectivity index (χ4v) is 2.76. The van der Waals surface area contributed by atoms with Crippen molar-refractivity contribution in [1.29, 1.82) is 0 Å². The molecule has 0 aliphatic heterocycles. The number of benzene rings is 1. The van der Waals surface area contributed by atoms with E-state index in [4.69, 9.17) is 16.0 Å². The molecule has 4 atom stereocenters. The number of carbonyl (C=O) groups excluding carboxylic acids is 2. The second kappa shape index (κ2) is 9.55. The number of hydrogen-bond acceptors (Lipinski definition) is 6. The molecule has 1 saturated carbocycles. The number of hydroxylamine groups is 1. The molecule has 7 N–H and O–H groups in total. The monoisotopic (exact) mass is 399 g/mol. The maximum absolute atomic E-state index is 12.4. The SMILES string of the molecule is CC(C)(N)C(NC(=O)c1ccc(C#CC#CC(O)C2CC2CO)cc1)C(=O)NO. The Labute approximate surface area is 169 Å². The first-order valence-corrected chi connectivity index (χ1v) is 9.11. The summed E-state index contributed by atoms with van der Waals surface area (Å²) in [5.74, 6) is 9.49. The molecule has 0 saturated heterocycles. The van der Waals surface area contributed by atoms with Crippen molar-refractivity contribution in [3.05, 3.63) is 35.4 Å². The van der Waals surface area contributed by atoms with Crippen LogP contribution in [0.1, 0.15) is 36.2 Å². The Morgan fingerprint density at radius 1 is 1.28 bits per heavy atom. The van der Waals surface area contributed by atoms with Crippen molar-refractivity contribution in [3.8, 4) is 23.7 Å². The van der Waals surface area contributed by atoms with Gasteiger partial charge in [-0.2, -0.15) is 0 Å². The Bertz CT molecular complexity index is 868. The molecule has 1 fully saturated rings. The van der Waals surface area contributed by atoms with E-state index in [0.717, 1.165) is 6.42 Å². The van der Waals surface area contributed by atoms with Crippen LogP contribution in [-0.2, 0) is 4.79 Å². The van der Waals surface area contributed by atoms with Crippen molar-refractivity contribution >= 4 is 11.8 Å². The minimum atomic E-state index is -1.13. The zero-order chi connectivity index (χ0) is 21.6. The summed E-state index contributed by atoms with van der Waals surface area (Å²) in [6, 6.07) is 5.19. The highest BCUT2D eigenvalue weighted by atomic mass is 16.5. The number of nitrogens with two attached hydrogens (primary N) is 1. The zero-order valence-corrected chi connectivity index (χ0v) is 16.3. The van der Waals surface area contributed by atoms with Gasteiger partial charge in [-0.15, -0.1) is 0 Å². The summed E-state index contributed by atoms with van der Waals surface area (Å²) in [6.07, 6.45) is -0.0192. The average Bonchev–Trinajstić information content (AvgIpc) is 3.48. The largest absolute Gasteiger partial charge is 0.396 e. The van der Waals surface area contributed by atoms with Gasteiger partial charge >= 0.3 is 0 Å². The second-order valence-electron chi connectivity index (χ2n) is 7.59. The van der Waals surface area contributed by atoms with Crippen molar-refractivity contribution in [2.75, 3.05) is 6.61 Å². The lowest BCUT2D eigenvalue weighted by atomic mass is 9.95. The van der Waals surface area contributed by atoms with E-state index in [1.165, 1.54) is 17.6 Å². The van der Waals surface area contributed by atoms with Crippen molar-refractivity contribution in [2.45, 2.75) is 38.0 Å². The minimum Gasteiger partial charge on any atom is -0.396 e. The molecule has 1 aromatic rings. The van der Waals surface area contributed by atoms with E-state index in [0.29, 0.717) is 11.1 Å². The van der Waals surface area contributed by atoms with Gasteiger partial charge in [-0.05, 0) is 62.3 Å². The average molecular weight is 399 g/mol. The van der Waals surface area contributed by atoms with Gasteiger partial charge in [0.25, 0.3) is 11.8 Å². The molecule has 8 heteroatoms. The summed E-state index contributed by atoms with van der Waals surface area (Å²) in [4.78, 5) is 24.1. The van der Waals surface area contributed by atoms with Crippen LogP contribution in [0.3, 0.4) is 0 Å². The molecule has 4 unspecified atom stereocenters. The van der Waals surface area contributed by atoms with Crippen LogP contribution in [0.25, 0.3) is 0 Å². The maximum atomic E-state index is 12.4. The molecule has 0 spiro atoms.